The van der Waals surface area contributed by atoms with Crippen molar-refractivity contribution in [1.29, 1.82) is 0 Å². The molecule has 0 aliphatic heterocycles. The fourth-order valence-electron chi connectivity index (χ4n) is 5.97. The molecular weight excluding hydrogens is 596 g/mol. The van der Waals surface area contributed by atoms with Crippen molar-refractivity contribution in [2.45, 2.75) is 219 Å². The van der Waals surface area contributed by atoms with E-state index >= 15 is 0 Å². The van der Waals surface area contributed by atoms with Gasteiger partial charge in [-0.1, -0.05) is 179 Å². The lowest BCUT2D eigenvalue weighted by Gasteiger charge is -2.18. The molecule has 0 aromatic rings. The number of carbonyl (C=O) groups is 2. The summed E-state index contributed by atoms with van der Waals surface area (Å²) in [7, 11) is 0. The predicted molar refractivity (Wildman–Crippen MR) is 205 cm³/mol. The summed E-state index contributed by atoms with van der Waals surface area (Å²) in [5.41, 5.74) is 0. The average molecular weight is 677 g/mol. The van der Waals surface area contributed by atoms with E-state index in [1.54, 1.807) is 0 Å². The highest BCUT2D eigenvalue weighted by Crippen LogP contribution is 2.15. The molecule has 0 N–H and O–H groups in total. The van der Waals surface area contributed by atoms with Crippen LogP contribution in [0.25, 0.3) is 0 Å². The second-order valence-corrected chi connectivity index (χ2v) is 14.0. The third kappa shape index (κ3) is 38.8. The molecule has 0 aromatic carbocycles. The summed E-state index contributed by atoms with van der Waals surface area (Å²) >= 11 is 0. The first-order chi connectivity index (χ1) is 23.6. The van der Waals surface area contributed by atoms with Crippen molar-refractivity contribution in [3.05, 3.63) is 24.3 Å². The van der Waals surface area contributed by atoms with Gasteiger partial charge < -0.3 is 14.2 Å². The highest BCUT2D eigenvalue weighted by Gasteiger charge is 2.16. The summed E-state index contributed by atoms with van der Waals surface area (Å²) in [6.07, 6.45) is 46.1. The molecule has 0 aromatic heterocycles. The van der Waals surface area contributed by atoms with E-state index in [1.807, 2.05) is 0 Å². The standard InChI is InChI=1S/C43H80O5/c1-4-6-8-10-12-14-16-18-20-21-22-24-26-28-30-32-34-36-38-46-39-42(40-47-41(3)44)48-43(45)37-35-33-31-29-27-25-23-19-17-15-13-11-9-7-5-2/h13,15,19,23,42H,4-12,14,16-18,20-22,24-40H2,1-3H3/b15-13-,23-19-. The van der Waals surface area contributed by atoms with Crippen molar-refractivity contribution in [2.24, 2.45) is 0 Å². The molecule has 0 saturated heterocycles. The minimum absolute atomic E-state index is 0.0579. The number of ether oxygens (including phenoxy) is 3. The molecule has 0 heterocycles. The summed E-state index contributed by atoms with van der Waals surface area (Å²) in [6, 6.07) is 0. The van der Waals surface area contributed by atoms with Gasteiger partial charge >= 0.3 is 11.9 Å². The maximum Gasteiger partial charge on any atom is 0.306 e. The zero-order valence-corrected chi connectivity index (χ0v) is 32.3. The van der Waals surface area contributed by atoms with Crippen LogP contribution in [0.5, 0.6) is 0 Å². The van der Waals surface area contributed by atoms with Crippen LogP contribution in [0.4, 0.5) is 0 Å². The molecule has 0 bridgehead atoms. The first kappa shape index (κ1) is 46.4. The molecule has 1 atom stereocenters. The highest BCUT2D eigenvalue weighted by atomic mass is 16.6. The van der Waals surface area contributed by atoms with Crippen LogP contribution < -0.4 is 0 Å². The molecule has 0 aliphatic carbocycles. The molecule has 0 radical (unpaired) electrons. The highest BCUT2D eigenvalue weighted by molar-refractivity contribution is 5.69. The van der Waals surface area contributed by atoms with Gasteiger partial charge in [0.15, 0.2) is 6.10 Å². The fourth-order valence-corrected chi connectivity index (χ4v) is 5.97. The van der Waals surface area contributed by atoms with Crippen molar-refractivity contribution in [1.82, 2.24) is 0 Å². The van der Waals surface area contributed by atoms with Crippen LogP contribution in [0.3, 0.4) is 0 Å². The van der Waals surface area contributed by atoms with Gasteiger partial charge in [0.2, 0.25) is 0 Å². The average Bonchev–Trinajstić information content (AvgIpc) is 3.07. The number of hydrogen-bond acceptors (Lipinski definition) is 5. The first-order valence-electron chi connectivity index (χ1n) is 20.8. The van der Waals surface area contributed by atoms with E-state index in [2.05, 4.69) is 38.2 Å². The Morgan fingerprint density at radius 3 is 1.42 bits per heavy atom. The zero-order chi connectivity index (χ0) is 35.0. The summed E-state index contributed by atoms with van der Waals surface area (Å²) in [5.74, 6) is -0.595. The van der Waals surface area contributed by atoms with Crippen molar-refractivity contribution in [3.8, 4) is 0 Å². The minimum atomic E-state index is -0.532. The van der Waals surface area contributed by atoms with Crippen LogP contribution in [0, 0.1) is 0 Å². The molecule has 1 unspecified atom stereocenters. The smallest absolute Gasteiger partial charge is 0.306 e. The Morgan fingerprint density at radius 1 is 0.500 bits per heavy atom. The van der Waals surface area contributed by atoms with Gasteiger partial charge in [-0.25, -0.2) is 0 Å². The molecule has 0 aliphatic rings. The Kier molecular flexibility index (Phi) is 38.5. The van der Waals surface area contributed by atoms with E-state index in [0.717, 1.165) is 38.5 Å². The second kappa shape index (κ2) is 39.8. The fraction of sp³-hybridized carbons (Fsp3) is 0.860. The van der Waals surface area contributed by atoms with Crippen LogP contribution in [-0.4, -0.2) is 37.9 Å². The number of esters is 2. The van der Waals surface area contributed by atoms with Crippen LogP contribution in [0.15, 0.2) is 24.3 Å². The Labute approximate surface area is 298 Å². The van der Waals surface area contributed by atoms with Crippen LogP contribution >= 0.6 is 0 Å². The summed E-state index contributed by atoms with van der Waals surface area (Å²) in [6.45, 7) is 6.89. The van der Waals surface area contributed by atoms with Crippen LogP contribution in [0.2, 0.25) is 0 Å². The Balaban J connectivity index is 3.69. The van der Waals surface area contributed by atoms with Gasteiger partial charge in [0.05, 0.1) is 6.61 Å². The van der Waals surface area contributed by atoms with E-state index in [0.29, 0.717) is 13.0 Å². The molecule has 48 heavy (non-hydrogen) atoms. The van der Waals surface area contributed by atoms with E-state index < -0.39 is 6.10 Å². The monoisotopic (exact) mass is 677 g/mol. The lowest BCUT2D eigenvalue weighted by atomic mass is 10.0. The quantitative estimate of drug-likeness (QED) is 0.0370. The van der Waals surface area contributed by atoms with Crippen molar-refractivity contribution in [2.75, 3.05) is 19.8 Å². The SMILES string of the molecule is CCCCC/C=C\C/C=C\CCCCCCCC(=O)OC(COCCCCCCCCCCCCCCCCCCCC)COC(C)=O. The second-order valence-electron chi connectivity index (χ2n) is 14.0. The molecule has 5 heteroatoms. The van der Waals surface area contributed by atoms with Gasteiger partial charge in [0.25, 0.3) is 0 Å². The van der Waals surface area contributed by atoms with E-state index in [9.17, 15) is 9.59 Å². The molecule has 0 rings (SSSR count). The van der Waals surface area contributed by atoms with Crippen molar-refractivity contribution >= 4 is 11.9 Å². The molecule has 0 spiro atoms. The van der Waals surface area contributed by atoms with Crippen LogP contribution in [-0.2, 0) is 23.8 Å². The number of allylic oxidation sites excluding steroid dienone is 4. The summed E-state index contributed by atoms with van der Waals surface area (Å²) in [5, 5.41) is 0. The maximum absolute atomic E-state index is 12.4. The lowest BCUT2D eigenvalue weighted by Crippen LogP contribution is -2.29. The Morgan fingerprint density at radius 2 is 0.917 bits per heavy atom. The van der Waals surface area contributed by atoms with E-state index in [1.165, 1.54) is 155 Å². The van der Waals surface area contributed by atoms with Gasteiger partial charge in [-0.2, -0.15) is 0 Å². The molecule has 5 nitrogen and oxygen atoms in total. The molecule has 0 amide bonds. The summed E-state index contributed by atoms with van der Waals surface area (Å²) < 4.78 is 16.5. The van der Waals surface area contributed by atoms with E-state index in [4.69, 9.17) is 14.2 Å². The molecule has 282 valence electrons. The zero-order valence-electron chi connectivity index (χ0n) is 32.3. The first-order valence-corrected chi connectivity index (χ1v) is 20.8. The van der Waals surface area contributed by atoms with Gasteiger partial charge in [0.1, 0.15) is 6.61 Å². The largest absolute Gasteiger partial charge is 0.462 e. The number of rotatable bonds is 38. The van der Waals surface area contributed by atoms with Gasteiger partial charge in [0, 0.05) is 20.0 Å². The number of unbranched alkanes of at least 4 members (excludes halogenated alkanes) is 25. The lowest BCUT2D eigenvalue weighted by molar-refractivity contribution is -0.161. The summed E-state index contributed by atoms with van der Waals surface area (Å²) in [4.78, 5) is 23.7. The van der Waals surface area contributed by atoms with Gasteiger partial charge in [-0.3, -0.25) is 9.59 Å². The topological polar surface area (TPSA) is 61.8 Å². The number of carbonyl (C=O) groups excluding carboxylic acids is 2. The minimum Gasteiger partial charge on any atom is -0.462 e. The maximum atomic E-state index is 12.4. The number of hydrogen-bond donors (Lipinski definition) is 0. The molecular formula is C43H80O5. The third-order valence-corrected chi connectivity index (χ3v) is 9.05. The van der Waals surface area contributed by atoms with Crippen molar-refractivity contribution < 1.29 is 23.8 Å². The van der Waals surface area contributed by atoms with Crippen LogP contribution in [0.1, 0.15) is 213 Å². The predicted octanol–water partition coefficient (Wildman–Crippen LogP) is 13.3. The molecule has 0 saturated carbocycles. The van der Waals surface area contributed by atoms with E-state index in [-0.39, 0.29) is 25.2 Å². The van der Waals surface area contributed by atoms with Gasteiger partial charge in [-0.05, 0) is 44.9 Å². The Hall–Kier alpha value is -1.62. The van der Waals surface area contributed by atoms with Gasteiger partial charge in [-0.15, -0.1) is 0 Å². The molecule has 0 fully saturated rings. The third-order valence-electron chi connectivity index (χ3n) is 9.05. The van der Waals surface area contributed by atoms with Crippen molar-refractivity contribution in [3.63, 3.8) is 0 Å². The Bertz CT molecular complexity index is 731. The normalized spacial score (nSPS) is 12.3.